The smallest absolute Gasteiger partial charge is 0.335 e. The summed E-state index contributed by atoms with van der Waals surface area (Å²) in [6, 6.07) is 4.36. The molecule has 1 amide bonds. The molecule has 2 saturated heterocycles. The van der Waals surface area contributed by atoms with E-state index in [1.165, 1.54) is 23.5 Å². The zero-order chi connectivity index (χ0) is 22.0. The third kappa shape index (κ3) is 5.13. The van der Waals surface area contributed by atoms with Crippen LogP contribution in [0.2, 0.25) is 0 Å². The average Bonchev–Trinajstić information content (AvgIpc) is 3.40. The van der Waals surface area contributed by atoms with Crippen LogP contribution in [-0.4, -0.2) is 65.2 Å². The molecule has 0 radical (unpaired) electrons. The molecule has 0 spiro atoms. The van der Waals surface area contributed by atoms with Gasteiger partial charge >= 0.3 is 6.18 Å². The Bertz CT molecular complexity index is 918. The van der Waals surface area contributed by atoms with Gasteiger partial charge in [0.2, 0.25) is 5.91 Å². The summed E-state index contributed by atoms with van der Waals surface area (Å²) in [6.07, 6.45) is -2.14. The van der Waals surface area contributed by atoms with Crippen molar-refractivity contribution in [1.29, 1.82) is 0 Å². The van der Waals surface area contributed by atoms with Crippen molar-refractivity contribution in [2.24, 2.45) is 0 Å². The maximum atomic E-state index is 13.2. The first-order valence-corrected chi connectivity index (χ1v) is 11.0. The van der Waals surface area contributed by atoms with Crippen LogP contribution >= 0.6 is 11.3 Å². The van der Waals surface area contributed by atoms with E-state index in [1.54, 1.807) is 11.1 Å². The Balaban J connectivity index is 1.52. The van der Waals surface area contributed by atoms with Gasteiger partial charge in [-0.1, -0.05) is 12.1 Å². The normalized spacial score (nSPS) is 22.8. The highest BCUT2D eigenvalue weighted by Gasteiger charge is 2.38. The van der Waals surface area contributed by atoms with Gasteiger partial charge in [0.15, 0.2) is 0 Å². The molecule has 2 atom stereocenters. The van der Waals surface area contributed by atoms with E-state index in [-0.39, 0.29) is 30.2 Å². The predicted molar refractivity (Wildman–Crippen MR) is 110 cm³/mol. The maximum absolute atomic E-state index is 13.2. The maximum Gasteiger partial charge on any atom is 0.416 e. The summed E-state index contributed by atoms with van der Waals surface area (Å²) in [6.45, 7) is 2.68. The Morgan fingerprint density at radius 1 is 1.23 bits per heavy atom. The minimum absolute atomic E-state index is 0.0259. The van der Waals surface area contributed by atoms with Crippen LogP contribution in [0.25, 0.3) is 0 Å². The van der Waals surface area contributed by atoms with E-state index >= 15 is 0 Å². The summed E-state index contributed by atoms with van der Waals surface area (Å²) < 4.78 is 38.4. The molecule has 0 aliphatic carbocycles. The van der Waals surface area contributed by atoms with E-state index in [9.17, 15) is 22.8 Å². The summed E-state index contributed by atoms with van der Waals surface area (Å²) in [5.74, 6) is 0.0514. The Kier molecular flexibility index (Phi) is 6.40. The highest BCUT2D eigenvalue weighted by atomic mass is 32.1. The second-order valence-corrected chi connectivity index (χ2v) is 8.78. The Morgan fingerprint density at radius 3 is 2.61 bits per heavy atom. The van der Waals surface area contributed by atoms with Gasteiger partial charge in [-0.2, -0.15) is 13.2 Å². The zero-order valence-corrected chi connectivity index (χ0v) is 17.6. The van der Waals surface area contributed by atoms with Crippen molar-refractivity contribution >= 4 is 23.0 Å². The zero-order valence-electron chi connectivity index (χ0n) is 16.8. The molecular weight excluding hydrogens is 429 g/mol. The molecule has 2 aromatic rings. The van der Waals surface area contributed by atoms with E-state index in [0.717, 1.165) is 17.1 Å². The van der Waals surface area contributed by atoms with Crippen molar-refractivity contribution in [2.45, 2.75) is 31.1 Å². The van der Waals surface area contributed by atoms with E-state index in [0.29, 0.717) is 44.7 Å². The van der Waals surface area contributed by atoms with Crippen molar-refractivity contribution in [2.75, 3.05) is 32.7 Å². The summed E-state index contributed by atoms with van der Waals surface area (Å²) in [5.41, 5.74) is -0.191. The van der Waals surface area contributed by atoms with Crippen LogP contribution in [0, 0.1) is 0 Å². The lowest BCUT2D eigenvalue weighted by atomic mass is 10.0. The molecule has 1 aromatic heterocycles. The molecule has 166 valence electrons. The monoisotopic (exact) mass is 452 g/mol. The first kappa shape index (κ1) is 21.9. The Labute approximate surface area is 182 Å². The molecule has 2 aliphatic heterocycles. The van der Waals surface area contributed by atoms with Crippen LogP contribution in [-0.2, 0) is 22.2 Å². The number of amides is 1. The third-order valence-corrected chi connectivity index (χ3v) is 6.59. The molecule has 0 saturated carbocycles. The number of nitrogens with zero attached hydrogens (tertiary/aromatic N) is 3. The topological polar surface area (TPSA) is 65.5 Å². The van der Waals surface area contributed by atoms with Gasteiger partial charge in [-0.25, -0.2) is 4.98 Å². The molecule has 0 bridgehead atoms. The molecule has 4 rings (SSSR count). The molecule has 2 fully saturated rings. The molecule has 10 heteroatoms. The second kappa shape index (κ2) is 9.05. The van der Waals surface area contributed by atoms with Gasteiger partial charge in [0.05, 0.1) is 30.6 Å². The largest absolute Gasteiger partial charge is 0.416 e. The fourth-order valence-corrected chi connectivity index (χ4v) is 4.94. The highest BCUT2D eigenvalue weighted by Crippen LogP contribution is 2.30. The molecular formula is C21H23F3N4O2S. The number of benzene rings is 1. The number of ketones is 1. The first-order chi connectivity index (χ1) is 14.8. The molecule has 1 N–H and O–H groups in total. The number of halogens is 3. The van der Waals surface area contributed by atoms with Crippen molar-refractivity contribution < 1.29 is 22.8 Å². The molecule has 31 heavy (non-hydrogen) atoms. The lowest BCUT2D eigenvalue weighted by Gasteiger charge is -2.43. The van der Waals surface area contributed by atoms with E-state index in [1.807, 2.05) is 5.38 Å². The van der Waals surface area contributed by atoms with Crippen LogP contribution in [0.1, 0.15) is 28.6 Å². The number of alkyl halides is 3. The van der Waals surface area contributed by atoms with Gasteiger partial charge in [-0.3, -0.25) is 14.5 Å². The Morgan fingerprint density at radius 2 is 2.00 bits per heavy atom. The number of aromatic nitrogens is 1. The number of nitrogens with one attached hydrogen (secondary N) is 1. The molecule has 6 nitrogen and oxygen atoms in total. The van der Waals surface area contributed by atoms with Crippen molar-refractivity contribution in [1.82, 2.24) is 20.1 Å². The minimum Gasteiger partial charge on any atom is -0.335 e. The van der Waals surface area contributed by atoms with E-state index in [4.69, 9.17) is 0 Å². The fraction of sp³-hybridized carbons (Fsp3) is 0.476. The summed E-state index contributed by atoms with van der Waals surface area (Å²) in [5, 5.41) is 6.21. The first-order valence-electron chi connectivity index (χ1n) is 10.1. The van der Waals surface area contributed by atoms with Crippen LogP contribution in [0.3, 0.4) is 0 Å². The van der Waals surface area contributed by atoms with Crippen molar-refractivity contribution in [3.63, 3.8) is 0 Å². The van der Waals surface area contributed by atoms with Crippen molar-refractivity contribution in [3.8, 4) is 0 Å². The number of rotatable bonds is 5. The fourth-order valence-electron chi connectivity index (χ4n) is 4.17. The standard InChI is InChI=1S/C21H23F3N4O2S/c22-21(23,24)15-3-1-14(2-4-15)11-18(30)28-9-6-25-19(20-26-7-10-31-20)17(28)13-27-8-5-16(29)12-27/h1-4,7,10,17,19,25H,5-6,8-9,11-13H2/t17-,19-/m1/s1. The predicted octanol–water partition coefficient (Wildman–Crippen LogP) is 2.52. The van der Waals surface area contributed by atoms with Crippen LogP contribution in [0.15, 0.2) is 35.8 Å². The molecule has 0 unspecified atom stereocenters. The molecule has 2 aliphatic rings. The van der Waals surface area contributed by atoms with Gasteiger partial charge in [0, 0.05) is 44.2 Å². The number of piperazine rings is 1. The van der Waals surface area contributed by atoms with Gasteiger partial charge in [0.25, 0.3) is 0 Å². The number of carbonyl (C=O) groups excluding carboxylic acids is 2. The molecule has 3 heterocycles. The molecule has 1 aromatic carbocycles. The van der Waals surface area contributed by atoms with Crippen LogP contribution in [0.5, 0.6) is 0 Å². The van der Waals surface area contributed by atoms with E-state index < -0.39 is 11.7 Å². The quantitative estimate of drug-likeness (QED) is 0.755. The lowest BCUT2D eigenvalue weighted by Crippen LogP contribution is -2.59. The lowest BCUT2D eigenvalue weighted by molar-refractivity contribution is -0.137. The SMILES string of the molecule is O=C1CCN(C[C@@H]2[C@H](c3nccs3)NCCN2C(=O)Cc2ccc(C(F)(F)F)cc2)C1. The number of likely N-dealkylation sites (tertiary alicyclic amines) is 1. The Hall–Kier alpha value is -2.30. The van der Waals surface area contributed by atoms with Gasteiger partial charge in [-0.15, -0.1) is 11.3 Å². The second-order valence-electron chi connectivity index (χ2n) is 7.85. The summed E-state index contributed by atoms with van der Waals surface area (Å²) in [4.78, 5) is 33.2. The number of carbonyl (C=O) groups is 2. The summed E-state index contributed by atoms with van der Waals surface area (Å²) in [7, 11) is 0. The van der Waals surface area contributed by atoms with Gasteiger partial charge in [0.1, 0.15) is 10.8 Å². The number of hydrogen-bond donors (Lipinski definition) is 1. The number of Topliss-reactive ketones (excluding diaryl/α,β-unsaturated/α-hetero) is 1. The van der Waals surface area contributed by atoms with Crippen molar-refractivity contribution in [3.05, 3.63) is 52.0 Å². The van der Waals surface area contributed by atoms with E-state index in [2.05, 4.69) is 15.2 Å². The van der Waals surface area contributed by atoms with Gasteiger partial charge < -0.3 is 10.2 Å². The van der Waals surface area contributed by atoms with Gasteiger partial charge in [-0.05, 0) is 17.7 Å². The van der Waals surface area contributed by atoms with Crippen LogP contribution in [0.4, 0.5) is 13.2 Å². The summed E-state index contributed by atoms with van der Waals surface area (Å²) >= 11 is 1.51. The average molecular weight is 453 g/mol. The highest BCUT2D eigenvalue weighted by molar-refractivity contribution is 7.09. The number of thiazole rings is 1. The third-order valence-electron chi connectivity index (χ3n) is 5.73. The van der Waals surface area contributed by atoms with Crippen LogP contribution < -0.4 is 5.32 Å². The minimum atomic E-state index is -4.40. The number of hydrogen-bond acceptors (Lipinski definition) is 6.